The molecule has 2 aromatic heterocycles. The van der Waals surface area contributed by atoms with Crippen LogP contribution in [-0.4, -0.2) is 62.6 Å². The summed E-state index contributed by atoms with van der Waals surface area (Å²) >= 11 is 6.84. The molecule has 180 valence electrons. The number of carbonyl (C=O) groups is 1. The van der Waals surface area contributed by atoms with Crippen molar-refractivity contribution >= 4 is 51.7 Å². The molecule has 0 aliphatic carbocycles. The molecule has 2 fully saturated rings. The quantitative estimate of drug-likeness (QED) is 0.396. The zero-order valence-electron chi connectivity index (χ0n) is 20.0. The lowest BCUT2D eigenvalue weighted by Crippen LogP contribution is -2.45. The number of amides is 1. The molecule has 5 rings (SSSR count). The van der Waals surface area contributed by atoms with E-state index in [1.54, 1.807) is 21.6 Å². The van der Waals surface area contributed by atoms with Gasteiger partial charge in [-0.2, -0.15) is 0 Å². The van der Waals surface area contributed by atoms with Crippen molar-refractivity contribution in [2.45, 2.75) is 19.9 Å². The van der Waals surface area contributed by atoms with E-state index in [4.69, 9.17) is 17.2 Å². The zero-order chi connectivity index (χ0) is 24.7. The standard InChI is InChI=1S/C26H27N5O2S2/c1-17-8-7-11-30-22(17)27-23(29-14-12-28(3)13-15-29)20(24(30)32)16-21-25(33)31(26(34)35-21)18(2)19-9-5-4-6-10-19/h4-11,16,18H,12-15H2,1-3H3/b21-16+/t18-/m0/s1. The smallest absolute Gasteiger partial charge is 0.267 e. The number of aromatic nitrogens is 2. The lowest BCUT2D eigenvalue weighted by Gasteiger charge is -2.34. The minimum absolute atomic E-state index is 0.186. The lowest BCUT2D eigenvalue weighted by atomic mass is 10.1. The van der Waals surface area contributed by atoms with E-state index >= 15 is 0 Å². The molecule has 9 heteroatoms. The SMILES string of the molecule is Cc1cccn2c(=O)c(/C=C3/SC(=S)N([C@@H](C)c4ccccc4)C3=O)c(N3CCN(C)CC3)nc12. The predicted molar refractivity (Wildman–Crippen MR) is 146 cm³/mol. The minimum atomic E-state index is -0.204. The summed E-state index contributed by atoms with van der Waals surface area (Å²) in [6, 6.07) is 13.4. The summed E-state index contributed by atoms with van der Waals surface area (Å²) in [6.45, 7) is 7.20. The van der Waals surface area contributed by atoms with Crippen molar-refractivity contribution < 1.29 is 4.79 Å². The maximum atomic E-state index is 13.7. The van der Waals surface area contributed by atoms with Crippen molar-refractivity contribution in [2.24, 2.45) is 0 Å². The Hall–Kier alpha value is -3.01. The van der Waals surface area contributed by atoms with Crippen LogP contribution >= 0.6 is 24.0 Å². The van der Waals surface area contributed by atoms with Gasteiger partial charge in [0.2, 0.25) is 0 Å². The van der Waals surface area contributed by atoms with E-state index in [9.17, 15) is 9.59 Å². The molecule has 2 saturated heterocycles. The first-order valence-corrected chi connectivity index (χ1v) is 12.8. The number of thioether (sulfide) groups is 1. The van der Waals surface area contributed by atoms with Crippen molar-refractivity contribution in [3.8, 4) is 0 Å². The summed E-state index contributed by atoms with van der Waals surface area (Å²) in [5.74, 6) is 0.438. The molecule has 7 nitrogen and oxygen atoms in total. The van der Waals surface area contributed by atoms with Gasteiger partial charge < -0.3 is 9.80 Å². The Labute approximate surface area is 214 Å². The number of thiocarbonyl (C=S) groups is 1. The monoisotopic (exact) mass is 505 g/mol. The van der Waals surface area contributed by atoms with Gasteiger partial charge >= 0.3 is 0 Å². The Morgan fingerprint density at radius 2 is 1.77 bits per heavy atom. The molecule has 1 atom stereocenters. The van der Waals surface area contributed by atoms with Crippen molar-refractivity contribution in [3.05, 3.63) is 80.6 Å². The summed E-state index contributed by atoms with van der Waals surface area (Å²) in [5.41, 5.74) is 2.80. The largest absolute Gasteiger partial charge is 0.353 e. The normalized spacial score (nSPS) is 19.2. The molecule has 0 bridgehead atoms. The Balaban J connectivity index is 1.60. The van der Waals surface area contributed by atoms with Crippen LogP contribution in [0, 0.1) is 6.92 Å². The van der Waals surface area contributed by atoms with E-state index in [0.29, 0.717) is 26.3 Å². The van der Waals surface area contributed by atoms with Crippen LogP contribution in [0.1, 0.15) is 29.7 Å². The third-order valence-corrected chi connectivity index (χ3v) is 7.97. The van der Waals surface area contributed by atoms with Gasteiger partial charge in [-0.25, -0.2) is 4.98 Å². The number of piperazine rings is 1. The summed E-state index contributed by atoms with van der Waals surface area (Å²) in [7, 11) is 2.09. The second kappa shape index (κ2) is 9.56. The molecule has 1 amide bonds. The van der Waals surface area contributed by atoms with Gasteiger partial charge in [-0.3, -0.25) is 18.9 Å². The average molecular weight is 506 g/mol. The van der Waals surface area contributed by atoms with Crippen molar-refractivity contribution in [3.63, 3.8) is 0 Å². The molecule has 0 unspecified atom stereocenters. The van der Waals surface area contributed by atoms with E-state index in [1.165, 1.54) is 11.8 Å². The topological polar surface area (TPSA) is 61.2 Å². The number of anilines is 1. The average Bonchev–Trinajstić information content (AvgIpc) is 3.14. The van der Waals surface area contributed by atoms with Crippen LogP contribution in [0.4, 0.5) is 5.82 Å². The molecular formula is C26H27N5O2S2. The van der Waals surface area contributed by atoms with Gasteiger partial charge in [-0.1, -0.05) is 60.4 Å². The van der Waals surface area contributed by atoms with Gasteiger partial charge in [0.25, 0.3) is 11.5 Å². The molecule has 0 spiro atoms. The highest BCUT2D eigenvalue weighted by atomic mass is 32.2. The van der Waals surface area contributed by atoms with Crippen LogP contribution in [0.25, 0.3) is 11.7 Å². The lowest BCUT2D eigenvalue weighted by molar-refractivity contribution is -0.123. The highest BCUT2D eigenvalue weighted by Gasteiger charge is 2.36. The molecule has 0 saturated carbocycles. The van der Waals surface area contributed by atoms with E-state index in [1.807, 2.05) is 56.3 Å². The number of nitrogens with zero attached hydrogens (tertiary/aromatic N) is 5. The van der Waals surface area contributed by atoms with Crippen LogP contribution in [0.3, 0.4) is 0 Å². The van der Waals surface area contributed by atoms with E-state index < -0.39 is 0 Å². The Kier molecular flexibility index (Phi) is 6.48. The Bertz CT molecular complexity index is 1390. The first-order chi connectivity index (χ1) is 16.8. The third kappa shape index (κ3) is 4.39. The van der Waals surface area contributed by atoms with Crippen molar-refractivity contribution in [1.82, 2.24) is 19.2 Å². The predicted octanol–water partition coefficient (Wildman–Crippen LogP) is 3.72. The number of likely N-dealkylation sites (N-methyl/N-ethyl adjacent to an activating group) is 1. The Morgan fingerprint density at radius 3 is 2.49 bits per heavy atom. The van der Waals surface area contributed by atoms with Crippen molar-refractivity contribution in [1.29, 1.82) is 0 Å². The molecule has 4 heterocycles. The van der Waals surface area contributed by atoms with E-state index in [2.05, 4.69) is 16.8 Å². The number of hydrogen-bond donors (Lipinski definition) is 0. The number of pyridine rings is 1. The Morgan fingerprint density at radius 1 is 1.06 bits per heavy atom. The number of benzene rings is 1. The first kappa shape index (κ1) is 23.7. The fraction of sp³-hybridized carbons (Fsp3) is 0.308. The second-order valence-electron chi connectivity index (χ2n) is 8.97. The van der Waals surface area contributed by atoms with Crippen LogP contribution in [0.15, 0.2) is 58.4 Å². The maximum Gasteiger partial charge on any atom is 0.267 e. The van der Waals surface area contributed by atoms with Crippen LogP contribution in [-0.2, 0) is 4.79 Å². The summed E-state index contributed by atoms with van der Waals surface area (Å²) in [5, 5.41) is 0. The number of hydrogen-bond acceptors (Lipinski definition) is 7. The maximum absolute atomic E-state index is 13.7. The second-order valence-corrected chi connectivity index (χ2v) is 10.6. The van der Waals surface area contributed by atoms with Crippen LogP contribution < -0.4 is 10.5 Å². The molecule has 0 radical (unpaired) electrons. The van der Waals surface area contributed by atoms with Gasteiger partial charge in [0, 0.05) is 32.4 Å². The number of fused-ring (bicyclic) bond motifs is 1. The number of rotatable bonds is 4. The minimum Gasteiger partial charge on any atom is -0.353 e. The molecule has 1 aromatic carbocycles. The summed E-state index contributed by atoms with van der Waals surface area (Å²) in [4.78, 5) is 38.6. The van der Waals surface area contributed by atoms with Crippen LogP contribution in [0.5, 0.6) is 0 Å². The number of aryl methyl sites for hydroxylation is 1. The summed E-state index contributed by atoms with van der Waals surface area (Å²) < 4.78 is 2.05. The van der Waals surface area contributed by atoms with Crippen molar-refractivity contribution in [2.75, 3.05) is 38.1 Å². The molecule has 2 aliphatic rings. The van der Waals surface area contributed by atoms with Gasteiger partial charge in [0.15, 0.2) is 0 Å². The van der Waals surface area contributed by atoms with E-state index in [-0.39, 0.29) is 17.5 Å². The molecule has 3 aromatic rings. The fourth-order valence-corrected chi connectivity index (χ4v) is 5.91. The zero-order valence-corrected chi connectivity index (χ0v) is 21.6. The number of carbonyl (C=O) groups excluding carboxylic acids is 1. The highest BCUT2D eigenvalue weighted by molar-refractivity contribution is 8.26. The molecular weight excluding hydrogens is 478 g/mol. The van der Waals surface area contributed by atoms with Gasteiger partial charge in [-0.15, -0.1) is 0 Å². The fourth-order valence-electron chi connectivity index (χ4n) is 4.51. The molecule has 2 aliphatic heterocycles. The third-order valence-electron chi connectivity index (χ3n) is 6.64. The molecule has 0 N–H and O–H groups in total. The van der Waals surface area contributed by atoms with Gasteiger partial charge in [-0.05, 0) is 44.2 Å². The van der Waals surface area contributed by atoms with Crippen LogP contribution in [0.2, 0.25) is 0 Å². The molecule has 35 heavy (non-hydrogen) atoms. The first-order valence-electron chi connectivity index (χ1n) is 11.6. The summed E-state index contributed by atoms with van der Waals surface area (Å²) in [6.07, 6.45) is 3.42. The van der Waals surface area contributed by atoms with Gasteiger partial charge in [0.1, 0.15) is 15.8 Å². The van der Waals surface area contributed by atoms with Gasteiger partial charge in [0.05, 0.1) is 16.5 Å². The van der Waals surface area contributed by atoms with E-state index in [0.717, 1.165) is 37.3 Å². The highest BCUT2D eigenvalue weighted by Crippen LogP contribution is 2.38.